The zero-order valence-electron chi connectivity index (χ0n) is 83.1. The van der Waals surface area contributed by atoms with Gasteiger partial charge in [-0.2, -0.15) is 0 Å². The zero-order chi connectivity index (χ0) is 100.0. The zero-order valence-corrected chi connectivity index (χ0v) is 83.1. The number of carbonyl (C=O) groups is 4. The van der Waals surface area contributed by atoms with Gasteiger partial charge >= 0.3 is 0 Å². The van der Waals surface area contributed by atoms with E-state index < -0.39 is 48.0 Å². The average molecular weight is 1900 g/mol. The van der Waals surface area contributed by atoms with E-state index in [0.717, 1.165) is 186 Å². The molecule has 16 bridgehead atoms. The lowest BCUT2D eigenvalue weighted by atomic mass is 9.90. The van der Waals surface area contributed by atoms with Gasteiger partial charge in [-0.25, -0.2) is 0 Å². The van der Waals surface area contributed by atoms with Crippen molar-refractivity contribution in [2.75, 3.05) is 74.1 Å². The Morgan fingerprint density at radius 3 is 0.471 bits per heavy atom. The highest BCUT2D eigenvalue weighted by Crippen LogP contribution is 2.46. The summed E-state index contributed by atoms with van der Waals surface area (Å²) in [5, 5.41) is 72.9. The first kappa shape index (κ1) is 107. The molecule has 14 rings (SSSR count). The number of para-hydroxylation sites is 4. The van der Waals surface area contributed by atoms with Gasteiger partial charge in [-0.05, 0) is 194 Å². The van der Waals surface area contributed by atoms with Crippen molar-refractivity contribution in [2.45, 2.75) is 222 Å². The lowest BCUT2D eigenvalue weighted by molar-refractivity contribution is -0.124. The molecule has 22 heteroatoms. The van der Waals surface area contributed by atoms with Crippen molar-refractivity contribution >= 4 is 46.4 Å². The molecule has 10 N–H and O–H groups in total. The molecule has 12 aromatic rings. The van der Waals surface area contributed by atoms with Gasteiger partial charge < -0.3 is 89.8 Å². The predicted octanol–water partition coefficient (Wildman–Crippen LogP) is 22.5. The molecule has 0 aromatic heterocycles. The highest BCUT2D eigenvalue weighted by molar-refractivity contribution is 5.97. The first-order valence-electron chi connectivity index (χ1n) is 49.5. The van der Waals surface area contributed by atoms with E-state index in [9.17, 15) is 39.6 Å². The molecule has 4 atom stereocenters. The summed E-state index contributed by atoms with van der Waals surface area (Å²) in [7, 11) is 0. The minimum atomic E-state index is -1.37. The third-order valence-electron chi connectivity index (χ3n) is 22.9. The third-order valence-corrected chi connectivity index (χ3v) is 22.9. The second-order valence-electron chi connectivity index (χ2n) is 35.7. The van der Waals surface area contributed by atoms with Crippen molar-refractivity contribution in [1.82, 2.24) is 0 Å². The van der Waals surface area contributed by atoms with Crippen molar-refractivity contribution in [3.8, 4) is 46.0 Å². The Kier molecular flexibility index (Phi) is 42.0. The van der Waals surface area contributed by atoms with Gasteiger partial charge in [0.1, 0.15) is 46.0 Å². The molecule has 0 heterocycles. The van der Waals surface area contributed by atoms with Crippen molar-refractivity contribution in [1.29, 1.82) is 0 Å². The molecule has 2 aliphatic rings. The number of nitrogens with one attached hydrogen (secondary N) is 4. The fraction of sp³-hybridized carbons (Fsp3) is 0.356. The Labute approximate surface area is 825 Å². The lowest BCUT2D eigenvalue weighted by Gasteiger charge is -2.24. The third kappa shape index (κ3) is 30.3. The van der Waals surface area contributed by atoms with Crippen LogP contribution in [0.25, 0.3) is 0 Å². The van der Waals surface area contributed by atoms with E-state index in [1.807, 2.05) is 97.1 Å². The normalized spacial score (nSPS) is 12.7. The maximum absolute atomic E-state index is 13.7. The maximum Gasteiger partial charge on any atom is 0.257 e. The summed E-state index contributed by atoms with van der Waals surface area (Å²) in [5.41, 5.74) is 18.3. The van der Waals surface area contributed by atoms with Crippen LogP contribution in [0.3, 0.4) is 0 Å². The van der Waals surface area contributed by atoms with Crippen LogP contribution in [0.15, 0.2) is 243 Å². The topological polar surface area (TPSA) is 312 Å². The molecule has 140 heavy (non-hydrogen) atoms. The van der Waals surface area contributed by atoms with Crippen LogP contribution in [-0.2, 0) is 70.5 Å². The van der Waals surface area contributed by atoms with Gasteiger partial charge in [-0.1, -0.05) is 250 Å². The van der Waals surface area contributed by atoms with Crippen LogP contribution in [0.2, 0.25) is 0 Å². The number of aliphatic hydroxyl groups is 6. The van der Waals surface area contributed by atoms with Gasteiger partial charge in [0, 0.05) is 131 Å². The van der Waals surface area contributed by atoms with Crippen LogP contribution >= 0.6 is 0 Å². The van der Waals surface area contributed by atoms with E-state index in [1.165, 1.54) is 0 Å². The van der Waals surface area contributed by atoms with E-state index in [2.05, 4.69) is 125 Å². The van der Waals surface area contributed by atoms with Crippen LogP contribution in [-0.4, -0.2) is 119 Å². The number of hydrogen-bond acceptors (Lipinski definition) is 18. The molecule has 0 aliphatic heterocycles. The Morgan fingerprint density at radius 1 is 0.214 bits per heavy atom. The Hall–Kier alpha value is -13.3. The molecule has 22 nitrogen and oxygen atoms in total. The van der Waals surface area contributed by atoms with Gasteiger partial charge in [0.25, 0.3) is 23.6 Å². The minimum absolute atomic E-state index is 0.167. The first-order valence-corrected chi connectivity index (χ1v) is 49.5. The highest BCUT2D eigenvalue weighted by atomic mass is 16.5. The van der Waals surface area contributed by atoms with Gasteiger partial charge in [0.15, 0.2) is 24.4 Å². The first-order chi connectivity index (χ1) is 67.9. The Bertz CT molecular complexity index is 5080. The molecule has 4 amide bonds. The number of anilines is 4. The molecular weight excluding hydrogens is 1760 g/mol. The SMILES string of the molecule is CC(C)O.CC(C)O.CCCOc1c2cccc1Cc1cc(NC(=O)[C@@H](O)c3ccccc3)cc(c1OCCC)Cc1cccc(c1OCCC)Cc1cc(NC(=O)[C@@H](O)c3ccccc3)cc(c1OCCC)C2.CCCOc1c2cccc1Cc1cc(NC(=O)[C@@H](O)c3ccccc3)cc(c1OCCC)Cc1cccc(c1OCCC)Cc1cc(NC(=O)[C@@H](O)c3ccccc3)cc(c1OCCC)C2. The molecule has 0 radical (unpaired) electrons. The van der Waals surface area contributed by atoms with Crippen LogP contribution in [0.5, 0.6) is 46.0 Å². The minimum Gasteiger partial charge on any atom is -0.493 e. The summed E-state index contributed by atoms with van der Waals surface area (Å²) in [6, 6.07) is 75.7. The summed E-state index contributed by atoms with van der Waals surface area (Å²) in [6.07, 6.45) is 3.70. The number of aliphatic hydroxyl groups excluding tert-OH is 6. The summed E-state index contributed by atoms with van der Waals surface area (Å²) < 4.78 is 53.5. The summed E-state index contributed by atoms with van der Waals surface area (Å²) >= 11 is 0. The van der Waals surface area contributed by atoms with Gasteiger partial charge in [0.05, 0.1) is 52.9 Å². The van der Waals surface area contributed by atoms with Gasteiger partial charge in [0.2, 0.25) is 0 Å². The fourth-order valence-electron chi connectivity index (χ4n) is 16.8. The molecule has 2 aliphatic carbocycles. The lowest BCUT2D eigenvalue weighted by Crippen LogP contribution is -2.21. The van der Waals surface area contributed by atoms with Crippen LogP contribution < -0.4 is 59.2 Å². The van der Waals surface area contributed by atoms with E-state index in [0.29, 0.717) is 149 Å². The standard InChI is InChI=1S/2C56H62N2O8.2C3H8O/c2*1-5-25-63-51-39-21-15-22-40(51)30-44-34-48(58-56(62)50(60)38-19-13-10-14-20-38)36-46(54(44)66-28-8-4)32-42-24-16-23-41(52(42)64-26-6-2)31-45-35-47(33-43(29-39)53(45)65-27-7-3)57-55(61)49(59)37-17-11-9-12-18-37;2*1-3(2)4/h2*9-24,33-36,49-50,59-60H,5-8,25-32H2,1-4H3,(H,57,61)(H,58,62);2*3-4H,1-2H3/t2*49-,50-;;/m00../s1. The number of fused-ring (bicyclic) bond motifs is 16. The van der Waals surface area contributed by atoms with E-state index >= 15 is 0 Å². The number of carbonyl (C=O) groups excluding carboxylic acids is 4. The van der Waals surface area contributed by atoms with E-state index in [1.54, 1.807) is 125 Å². The Balaban J connectivity index is 0.000000249. The van der Waals surface area contributed by atoms with Crippen molar-refractivity contribution in [3.63, 3.8) is 0 Å². The van der Waals surface area contributed by atoms with Crippen molar-refractivity contribution in [3.05, 3.63) is 354 Å². The monoisotopic (exact) mass is 1900 g/mol. The number of ether oxygens (including phenoxy) is 8. The summed E-state index contributed by atoms with van der Waals surface area (Å²) in [4.78, 5) is 54.9. The van der Waals surface area contributed by atoms with E-state index in [-0.39, 0.29) is 12.2 Å². The van der Waals surface area contributed by atoms with Gasteiger partial charge in [-0.3, -0.25) is 19.2 Å². The number of amides is 4. The molecule has 12 aromatic carbocycles. The molecule has 0 saturated heterocycles. The number of benzene rings is 12. The van der Waals surface area contributed by atoms with Crippen molar-refractivity contribution < 1.29 is 87.7 Å². The molecule has 0 unspecified atom stereocenters. The largest absolute Gasteiger partial charge is 0.493 e. The second kappa shape index (κ2) is 54.9. The fourth-order valence-corrected chi connectivity index (χ4v) is 16.8. The summed E-state index contributed by atoms with van der Waals surface area (Å²) in [6.45, 7) is 27.3. The smallest absolute Gasteiger partial charge is 0.257 e. The molecule has 0 saturated carbocycles. The van der Waals surface area contributed by atoms with Crippen LogP contribution in [0, 0.1) is 0 Å². The van der Waals surface area contributed by atoms with Crippen molar-refractivity contribution in [2.24, 2.45) is 0 Å². The Morgan fingerprint density at radius 2 is 0.343 bits per heavy atom. The summed E-state index contributed by atoms with van der Waals surface area (Å²) in [5.74, 6) is 3.67. The van der Waals surface area contributed by atoms with Crippen LogP contribution in [0.4, 0.5) is 22.7 Å². The molecule has 0 spiro atoms. The number of rotatable bonds is 36. The maximum atomic E-state index is 13.7. The molecular formula is C118H140N4O18. The quantitative estimate of drug-likeness (QED) is 0.0174. The molecule has 740 valence electrons. The van der Waals surface area contributed by atoms with Crippen LogP contribution in [0.1, 0.15) is 270 Å². The highest BCUT2D eigenvalue weighted by Gasteiger charge is 2.31. The second-order valence-corrected chi connectivity index (χ2v) is 35.7. The van der Waals surface area contributed by atoms with E-state index in [4.69, 9.17) is 48.1 Å². The van der Waals surface area contributed by atoms with Gasteiger partial charge in [-0.15, -0.1) is 0 Å². The molecule has 0 fully saturated rings. The average Bonchev–Trinajstić information content (AvgIpc) is 0.783. The predicted molar refractivity (Wildman–Crippen MR) is 555 cm³/mol. The number of hydrogen-bond donors (Lipinski definition) is 10.